The van der Waals surface area contributed by atoms with E-state index in [0.29, 0.717) is 0 Å². The van der Waals surface area contributed by atoms with Crippen LogP contribution in [0.15, 0.2) is 24.4 Å². The number of aryl methyl sites for hydroxylation is 1. The fourth-order valence-electron chi connectivity index (χ4n) is 2.06. The minimum absolute atomic E-state index is 0.720. The minimum atomic E-state index is 0.720. The fraction of sp³-hybridized carbons (Fsp3) is 0.333. The first kappa shape index (κ1) is 10.7. The predicted octanol–water partition coefficient (Wildman–Crippen LogP) is 2.09. The first-order valence-corrected chi connectivity index (χ1v) is 6.11. The SMILES string of the molecule is Clc1c(-c2ccccn2)nn2c1CNCCC2. The third-order valence-corrected chi connectivity index (χ3v) is 3.31. The lowest BCUT2D eigenvalue weighted by atomic mass is 10.2. The number of halogens is 1. The van der Waals surface area contributed by atoms with Crippen molar-refractivity contribution in [1.82, 2.24) is 20.1 Å². The van der Waals surface area contributed by atoms with Gasteiger partial charge in [0.1, 0.15) is 5.69 Å². The molecule has 3 rings (SSSR count). The van der Waals surface area contributed by atoms with Crippen LogP contribution in [0.3, 0.4) is 0 Å². The van der Waals surface area contributed by atoms with Crippen LogP contribution in [-0.2, 0) is 13.1 Å². The summed E-state index contributed by atoms with van der Waals surface area (Å²) in [4.78, 5) is 4.30. The number of rotatable bonds is 1. The molecule has 0 amide bonds. The van der Waals surface area contributed by atoms with Crippen LogP contribution < -0.4 is 5.32 Å². The summed E-state index contributed by atoms with van der Waals surface area (Å²) in [5.74, 6) is 0. The van der Waals surface area contributed by atoms with Crippen LogP contribution in [-0.4, -0.2) is 21.3 Å². The van der Waals surface area contributed by atoms with E-state index >= 15 is 0 Å². The highest BCUT2D eigenvalue weighted by atomic mass is 35.5. The molecule has 3 heterocycles. The summed E-state index contributed by atoms with van der Waals surface area (Å²) in [6.45, 7) is 2.70. The van der Waals surface area contributed by atoms with Crippen molar-refractivity contribution in [1.29, 1.82) is 0 Å². The molecule has 2 aromatic rings. The van der Waals surface area contributed by atoms with E-state index in [1.54, 1.807) is 6.20 Å². The van der Waals surface area contributed by atoms with E-state index in [1.165, 1.54) is 0 Å². The molecule has 0 unspecified atom stereocenters. The highest BCUT2D eigenvalue weighted by Gasteiger charge is 2.19. The van der Waals surface area contributed by atoms with E-state index < -0.39 is 0 Å². The minimum Gasteiger partial charge on any atom is -0.311 e. The Balaban J connectivity index is 2.08. The lowest BCUT2D eigenvalue weighted by Crippen LogP contribution is -2.12. The standard InChI is InChI=1S/C12H13ClN4/c13-11-10-8-14-5-3-7-17(10)16-12(11)9-4-1-2-6-15-9/h1-2,4,6,14H,3,5,7-8H2. The summed E-state index contributed by atoms with van der Waals surface area (Å²) in [5.41, 5.74) is 2.67. The van der Waals surface area contributed by atoms with Gasteiger partial charge in [0, 0.05) is 19.3 Å². The van der Waals surface area contributed by atoms with Gasteiger partial charge in [0.25, 0.3) is 0 Å². The van der Waals surface area contributed by atoms with E-state index in [4.69, 9.17) is 11.6 Å². The number of hydrogen-bond donors (Lipinski definition) is 1. The number of nitrogens with zero attached hydrogens (tertiary/aromatic N) is 3. The Morgan fingerprint density at radius 3 is 3.12 bits per heavy atom. The first-order valence-electron chi connectivity index (χ1n) is 5.73. The van der Waals surface area contributed by atoms with Gasteiger partial charge in [-0.2, -0.15) is 5.10 Å². The van der Waals surface area contributed by atoms with Gasteiger partial charge in [0.2, 0.25) is 0 Å². The molecule has 5 heteroatoms. The van der Waals surface area contributed by atoms with E-state index in [2.05, 4.69) is 15.4 Å². The topological polar surface area (TPSA) is 42.7 Å². The molecule has 0 saturated heterocycles. The van der Waals surface area contributed by atoms with Gasteiger partial charge >= 0.3 is 0 Å². The second-order valence-electron chi connectivity index (χ2n) is 4.08. The molecule has 2 aromatic heterocycles. The van der Waals surface area contributed by atoms with E-state index in [0.717, 1.165) is 48.2 Å². The van der Waals surface area contributed by atoms with Gasteiger partial charge in [0.15, 0.2) is 0 Å². The maximum Gasteiger partial charge on any atom is 0.130 e. The summed E-state index contributed by atoms with van der Waals surface area (Å²) in [6.07, 6.45) is 2.83. The van der Waals surface area contributed by atoms with Gasteiger partial charge in [-0.25, -0.2) is 0 Å². The van der Waals surface area contributed by atoms with Gasteiger partial charge in [0.05, 0.1) is 16.4 Å². The van der Waals surface area contributed by atoms with Gasteiger partial charge in [-0.05, 0) is 25.1 Å². The molecule has 0 atom stereocenters. The van der Waals surface area contributed by atoms with Crippen molar-refractivity contribution in [3.05, 3.63) is 35.1 Å². The largest absolute Gasteiger partial charge is 0.311 e. The highest BCUT2D eigenvalue weighted by Crippen LogP contribution is 2.29. The second-order valence-corrected chi connectivity index (χ2v) is 4.46. The Morgan fingerprint density at radius 2 is 2.29 bits per heavy atom. The quantitative estimate of drug-likeness (QED) is 0.841. The maximum atomic E-state index is 6.39. The highest BCUT2D eigenvalue weighted by molar-refractivity contribution is 6.33. The predicted molar refractivity (Wildman–Crippen MR) is 66.8 cm³/mol. The average Bonchev–Trinajstić information content (AvgIpc) is 2.56. The molecule has 0 spiro atoms. The molecular weight excluding hydrogens is 236 g/mol. The molecule has 0 fully saturated rings. The van der Waals surface area contributed by atoms with Crippen LogP contribution in [0.25, 0.3) is 11.4 Å². The first-order chi connectivity index (χ1) is 8.36. The van der Waals surface area contributed by atoms with Crippen molar-refractivity contribution in [2.75, 3.05) is 6.54 Å². The molecular formula is C12H13ClN4. The van der Waals surface area contributed by atoms with Crippen molar-refractivity contribution >= 4 is 11.6 Å². The monoisotopic (exact) mass is 248 g/mol. The van der Waals surface area contributed by atoms with Gasteiger partial charge in [-0.1, -0.05) is 17.7 Å². The van der Waals surface area contributed by atoms with Crippen molar-refractivity contribution in [3.63, 3.8) is 0 Å². The fourth-order valence-corrected chi connectivity index (χ4v) is 2.35. The molecule has 0 radical (unpaired) electrons. The van der Waals surface area contributed by atoms with Gasteiger partial charge in [-0.3, -0.25) is 9.67 Å². The summed E-state index contributed by atoms with van der Waals surface area (Å²) in [7, 11) is 0. The third kappa shape index (κ3) is 1.94. The Kier molecular flexibility index (Phi) is 2.82. The molecule has 1 aliphatic heterocycles. The zero-order valence-electron chi connectivity index (χ0n) is 9.36. The molecule has 4 nitrogen and oxygen atoms in total. The van der Waals surface area contributed by atoms with Gasteiger partial charge < -0.3 is 5.32 Å². The zero-order valence-corrected chi connectivity index (χ0v) is 10.1. The average molecular weight is 249 g/mol. The lowest BCUT2D eigenvalue weighted by molar-refractivity contribution is 0.588. The number of hydrogen-bond acceptors (Lipinski definition) is 3. The molecule has 0 aromatic carbocycles. The van der Waals surface area contributed by atoms with Crippen LogP contribution in [0.1, 0.15) is 12.1 Å². The molecule has 88 valence electrons. The van der Waals surface area contributed by atoms with Crippen molar-refractivity contribution in [3.8, 4) is 11.4 Å². The molecule has 0 saturated carbocycles. The van der Waals surface area contributed by atoms with Crippen molar-refractivity contribution in [2.24, 2.45) is 0 Å². The van der Waals surface area contributed by atoms with E-state index in [-0.39, 0.29) is 0 Å². The molecule has 1 aliphatic rings. The van der Waals surface area contributed by atoms with Crippen LogP contribution in [0.2, 0.25) is 5.02 Å². The molecule has 17 heavy (non-hydrogen) atoms. The van der Waals surface area contributed by atoms with E-state index in [9.17, 15) is 0 Å². The Bertz CT molecular complexity index is 521. The summed E-state index contributed by atoms with van der Waals surface area (Å²) in [6, 6.07) is 5.77. The Hall–Kier alpha value is -1.39. The normalized spacial score (nSPS) is 15.4. The van der Waals surface area contributed by atoms with Crippen LogP contribution in [0.5, 0.6) is 0 Å². The van der Waals surface area contributed by atoms with Crippen LogP contribution >= 0.6 is 11.6 Å². The number of aromatic nitrogens is 3. The summed E-state index contributed by atoms with van der Waals surface area (Å²) < 4.78 is 1.99. The Morgan fingerprint density at radius 1 is 1.35 bits per heavy atom. The van der Waals surface area contributed by atoms with Crippen molar-refractivity contribution < 1.29 is 0 Å². The zero-order chi connectivity index (χ0) is 11.7. The van der Waals surface area contributed by atoms with E-state index in [1.807, 2.05) is 22.9 Å². The Labute approximate surface area is 105 Å². The smallest absolute Gasteiger partial charge is 0.130 e. The lowest BCUT2D eigenvalue weighted by Gasteiger charge is -1.99. The number of nitrogens with one attached hydrogen (secondary N) is 1. The molecule has 0 aliphatic carbocycles. The number of fused-ring (bicyclic) bond motifs is 1. The van der Waals surface area contributed by atoms with Gasteiger partial charge in [-0.15, -0.1) is 0 Å². The second kappa shape index (κ2) is 4.47. The van der Waals surface area contributed by atoms with Crippen LogP contribution in [0.4, 0.5) is 0 Å². The van der Waals surface area contributed by atoms with Crippen molar-refractivity contribution in [2.45, 2.75) is 19.5 Å². The molecule has 1 N–H and O–H groups in total. The number of pyridine rings is 1. The maximum absolute atomic E-state index is 6.39. The summed E-state index contributed by atoms with van der Waals surface area (Å²) in [5, 5.41) is 8.63. The van der Waals surface area contributed by atoms with Crippen LogP contribution in [0, 0.1) is 0 Å². The third-order valence-electron chi connectivity index (χ3n) is 2.92. The molecule has 0 bridgehead atoms. The summed E-state index contributed by atoms with van der Waals surface area (Å²) >= 11 is 6.39.